The molecule has 0 aliphatic heterocycles. The molecule has 19 heavy (non-hydrogen) atoms. The number of carbonyl (C=O) groups is 1. The number of ether oxygens (including phenoxy) is 2. The number of hydrogen-bond donors (Lipinski definition) is 0. The minimum atomic E-state index is -1.02. The van der Waals surface area contributed by atoms with Gasteiger partial charge < -0.3 is 9.47 Å². The SMILES string of the molecule is C=CC(=O)OC(CC)(OCCC)c1ccc(C)cc1. The Kier molecular flexibility index (Phi) is 5.77. The molecule has 0 amide bonds. The van der Waals surface area contributed by atoms with Gasteiger partial charge in [-0.05, 0) is 13.3 Å². The first-order valence-electron chi connectivity index (χ1n) is 6.64. The largest absolute Gasteiger partial charge is 0.425 e. The lowest BCUT2D eigenvalue weighted by Gasteiger charge is -2.32. The van der Waals surface area contributed by atoms with Crippen molar-refractivity contribution < 1.29 is 14.3 Å². The van der Waals surface area contributed by atoms with Gasteiger partial charge in [0.25, 0.3) is 0 Å². The third-order valence-electron chi connectivity index (χ3n) is 2.93. The summed E-state index contributed by atoms with van der Waals surface area (Å²) in [5.41, 5.74) is 2.00. The Morgan fingerprint density at radius 2 is 1.95 bits per heavy atom. The molecule has 0 aliphatic rings. The zero-order valence-corrected chi connectivity index (χ0v) is 11.9. The van der Waals surface area contributed by atoms with Crippen LogP contribution < -0.4 is 0 Å². The summed E-state index contributed by atoms with van der Waals surface area (Å²) in [6.45, 7) is 9.94. The topological polar surface area (TPSA) is 35.5 Å². The highest BCUT2D eigenvalue weighted by Crippen LogP contribution is 2.32. The van der Waals surface area contributed by atoms with Gasteiger partial charge in [0, 0.05) is 18.1 Å². The molecule has 3 nitrogen and oxygen atoms in total. The lowest BCUT2D eigenvalue weighted by molar-refractivity contribution is -0.237. The van der Waals surface area contributed by atoms with E-state index in [1.54, 1.807) is 0 Å². The quantitative estimate of drug-likeness (QED) is 0.427. The van der Waals surface area contributed by atoms with E-state index in [9.17, 15) is 4.79 Å². The molecule has 0 aromatic heterocycles. The molecule has 0 radical (unpaired) electrons. The predicted molar refractivity (Wildman–Crippen MR) is 75.7 cm³/mol. The van der Waals surface area contributed by atoms with Crippen molar-refractivity contribution in [2.45, 2.75) is 39.4 Å². The number of esters is 1. The molecule has 0 saturated heterocycles. The molecule has 1 aromatic carbocycles. The van der Waals surface area contributed by atoms with Crippen molar-refractivity contribution in [3.05, 3.63) is 48.0 Å². The second kappa shape index (κ2) is 7.10. The molecule has 0 fully saturated rings. The van der Waals surface area contributed by atoms with Gasteiger partial charge >= 0.3 is 5.97 Å². The molecule has 3 heteroatoms. The standard InChI is InChI=1S/C16H22O3/c1-5-12-18-16(7-3,19-15(17)6-2)14-10-8-13(4)9-11-14/h6,8-11H,2,5,7,12H2,1,3-4H3. The Morgan fingerprint density at radius 3 is 2.42 bits per heavy atom. The van der Waals surface area contributed by atoms with Crippen molar-refractivity contribution in [3.63, 3.8) is 0 Å². The predicted octanol–water partition coefficient (Wildman–Crippen LogP) is 3.71. The highest BCUT2D eigenvalue weighted by molar-refractivity contribution is 5.81. The van der Waals surface area contributed by atoms with Gasteiger partial charge in [0.2, 0.25) is 5.79 Å². The summed E-state index contributed by atoms with van der Waals surface area (Å²) in [5, 5.41) is 0. The molecule has 1 rings (SSSR count). The van der Waals surface area contributed by atoms with Gasteiger partial charge in [-0.2, -0.15) is 0 Å². The Bertz CT molecular complexity index is 422. The zero-order chi connectivity index (χ0) is 14.3. The summed E-state index contributed by atoms with van der Waals surface area (Å²) in [5.74, 6) is -1.49. The van der Waals surface area contributed by atoms with Crippen molar-refractivity contribution >= 4 is 5.97 Å². The second-order valence-corrected chi connectivity index (χ2v) is 4.45. The molecule has 0 aliphatic carbocycles. The summed E-state index contributed by atoms with van der Waals surface area (Å²) in [6, 6.07) is 7.84. The molecule has 0 bridgehead atoms. The van der Waals surface area contributed by atoms with Gasteiger partial charge in [-0.3, -0.25) is 0 Å². The molecule has 104 valence electrons. The normalized spacial score (nSPS) is 13.6. The van der Waals surface area contributed by atoms with E-state index >= 15 is 0 Å². The monoisotopic (exact) mass is 262 g/mol. The van der Waals surface area contributed by atoms with Crippen LogP contribution in [0.2, 0.25) is 0 Å². The first-order chi connectivity index (χ1) is 9.07. The van der Waals surface area contributed by atoms with Gasteiger partial charge in [0.15, 0.2) is 0 Å². The van der Waals surface area contributed by atoms with Crippen molar-refractivity contribution in [2.75, 3.05) is 6.61 Å². The van der Waals surface area contributed by atoms with E-state index in [2.05, 4.69) is 6.58 Å². The first kappa shape index (κ1) is 15.4. The van der Waals surface area contributed by atoms with E-state index in [1.165, 1.54) is 0 Å². The Morgan fingerprint density at radius 1 is 1.32 bits per heavy atom. The average molecular weight is 262 g/mol. The zero-order valence-electron chi connectivity index (χ0n) is 11.9. The summed E-state index contributed by atoms with van der Waals surface area (Å²) >= 11 is 0. The summed E-state index contributed by atoms with van der Waals surface area (Å²) < 4.78 is 11.3. The van der Waals surface area contributed by atoms with E-state index in [0.29, 0.717) is 13.0 Å². The highest BCUT2D eigenvalue weighted by atomic mass is 16.7. The van der Waals surface area contributed by atoms with E-state index < -0.39 is 11.8 Å². The fraction of sp³-hybridized carbons (Fsp3) is 0.438. The van der Waals surface area contributed by atoms with Crippen LogP contribution in [-0.2, 0) is 20.1 Å². The van der Waals surface area contributed by atoms with Crippen molar-refractivity contribution in [2.24, 2.45) is 0 Å². The summed E-state index contributed by atoms with van der Waals surface area (Å²) in [7, 11) is 0. The van der Waals surface area contributed by atoms with Crippen LogP contribution in [-0.4, -0.2) is 12.6 Å². The summed E-state index contributed by atoms with van der Waals surface area (Å²) in [4.78, 5) is 11.6. The van der Waals surface area contributed by atoms with Crippen LogP contribution in [0, 0.1) is 6.92 Å². The van der Waals surface area contributed by atoms with Crippen LogP contribution in [0.4, 0.5) is 0 Å². The minimum absolute atomic E-state index is 0.474. The van der Waals surface area contributed by atoms with Crippen LogP contribution in [0.1, 0.15) is 37.8 Å². The van der Waals surface area contributed by atoms with Gasteiger partial charge in [-0.25, -0.2) is 4.79 Å². The fourth-order valence-corrected chi connectivity index (χ4v) is 1.83. The van der Waals surface area contributed by atoms with Crippen molar-refractivity contribution in [1.29, 1.82) is 0 Å². The summed E-state index contributed by atoms with van der Waals surface area (Å²) in [6.07, 6.45) is 2.57. The van der Waals surface area contributed by atoms with Gasteiger partial charge in [-0.1, -0.05) is 50.3 Å². The highest BCUT2D eigenvalue weighted by Gasteiger charge is 2.35. The molecule has 0 N–H and O–H groups in total. The Balaban J connectivity index is 3.10. The lowest BCUT2D eigenvalue weighted by Crippen LogP contribution is -2.35. The fourth-order valence-electron chi connectivity index (χ4n) is 1.83. The smallest absolute Gasteiger partial charge is 0.332 e. The number of hydrogen-bond acceptors (Lipinski definition) is 3. The third kappa shape index (κ3) is 3.93. The maximum absolute atomic E-state index is 11.6. The van der Waals surface area contributed by atoms with Crippen LogP contribution in [0.5, 0.6) is 0 Å². The number of aryl methyl sites for hydroxylation is 1. The first-order valence-corrected chi connectivity index (χ1v) is 6.64. The lowest BCUT2D eigenvalue weighted by atomic mass is 10.0. The van der Waals surface area contributed by atoms with Crippen LogP contribution in [0.15, 0.2) is 36.9 Å². The maximum atomic E-state index is 11.6. The molecule has 0 heterocycles. The number of benzene rings is 1. The van der Waals surface area contributed by atoms with Gasteiger partial charge in [-0.15, -0.1) is 0 Å². The molecule has 1 unspecified atom stereocenters. The Labute approximate surface area is 115 Å². The van der Waals surface area contributed by atoms with E-state index in [-0.39, 0.29) is 0 Å². The molecule has 0 spiro atoms. The van der Waals surface area contributed by atoms with Gasteiger partial charge in [0.05, 0.1) is 6.61 Å². The number of rotatable bonds is 7. The molecule has 1 aromatic rings. The molecular formula is C16H22O3. The van der Waals surface area contributed by atoms with E-state index in [4.69, 9.17) is 9.47 Å². The molecular weight excluding hydrogens is 240 g/mol. The molecule has 1 atom stereocenters. The average Bonchev–Trinajstić information content (AvgIpc) is 2.44. The van der Waals surface area contributed by atoms with E-state index in [0.717, 1.165) is 23.6 Å². The Hall–Kier alpha value is -1.61. The van der Waals surface area contributed by atoms with Crippen molar-refractivity contribution in [1.82, 2.24) is 0 Å². The van der Waals surface area contributed by atoms with E-state index in [1.807, 2.05) is 45.0 Å². The second-order valence-electron chi connectivity index (χ2n) is 4.45. The minimum Gasteiger partial charge on any atom is -0.425 e. The van der Waals surface area contributed by atoms with Crippen LogP contribution in [0.25, 0.3) is 0 Å². The van der Waals surface area contributed by atoms with Gasteiger partial charge in [0.1, 0.15) is 0 Å². The number of carbonyl (C=O) groups excluding carboxylic acids is 1. The van der Waals surface area contributed by atoms with Crippen LogP contribution in [0.3, 0.4) is 0 Å². The van der Waals surface area contributed by atoms with Crippen molar-refractivity contribution in [3.8, 4) is 0 Å². The van der Waals surface area contributed by atoms with Crippen LogP contribution >= 0.6 is 0 Å². The third-order valence-corrected chi connectivity index (χ3v) is 2.93. The maximum Gasteiger partial charge on any atom is 0.332 e. The molecule has 0 saturated carbocycles.